The molecule has 2 rings (SSSR count). The van der Waals surface area contributed by atoms with Crippen molar-refractivity contribution in [2.24, 2.45) is 0 Å². The molecule has 0 bridgehead atoms. The van der Waals surface area contributed by atoms with E-state index in [0.29, 0.717) is 5.69 Å². The van der Waals surface area contributed by atoms with Gasteiger partial charge in [-0.2, -0.15) is 0 Å². The van der Waals surface area contributed by atoms with Gasteiger partial charge in [-0.15, -0.1) is 0 Å². The molecule has 0 aliphatic rings. The predicted molar refractivity (Wildman–Crippen MR) is 68.7 cm³/mol. The number of aromatic nitrogens is 1. The quantitative estimate of drug-likeness (QED) is 0.738. The molecule has 1 aromatic heterocycles. The molecule has 2 aromatic rings. The van der Waals surface area contributed by atoms with Crippen molar-refractivity contribution in [1.29, 1.82) is 0 Å². The predicted octanol–water partition coefficient (Wildman–Crippen LogP) is 1.24. The fraction of sp³-hybridized carbons (Fsp3) is 0.0769. The summed E-state index contributed by atoms with van der Waals surface area (Å²) in [6.07, 6.45) is 1.58. The van der Waals surface area contributed by atoms with Crippen LogP contribution in [-0.4, -0.2) is 23.9 Å². The third-order valence-corrected chi connectivity index (χ3v) is 2.55. The fourth-order valence-electron chi connectivity index (χ4n) is 1.53. The zero-order valence-corrected chi connectivity index (χ0v) is 10.6. The van der Waals surface area contributed by atoms with Gasteiger partial charge >= 0.3 is 0 Å². The second kappa shape index (κ2) is 5.87. The van der Waals surface area contributed by atoms with Gasteiger partial charge in [0.05, 0.1) is 7.11 Å². The number of amides is 2. The largest absolute Gasteiger partial charge is 0.494 e. The summed E-state index contributed by atoms with van der Waals surface area (Å²) in [5, 5.41) is 0. The molecular formula is C13H12FN3O3. The first-order valence-corrected chi connectivity index (χ1v) is 5.69. The number of hydrogen-bond acceptors (Lipinski definition) is 3. The second-order valence-corrected chi connectivity index (χ2v) is 3.84. The maximum atomic E-state index is 13.4. The van der Waals surface area contributed by atoms with E-state index < -0.39 is 17.6 Å². The highest BCUT2D eigenvalue weighted by Gasteiger charge is 2.12. The van der Waals surface area contributed by atoms with Crippen molar-refractivity contribution in [1.82, 2.24) is 15.8 Å². The molecule has 2 amide bonds. The zero-order chi connectivity index (χ0) is 14.5. The maximum Gasteiger partial charge on any atom is 0.286 e. The zero-order valence-electron chi connectivity index (χ0n) is 10.6. The molecule has 3 N–H and O–H groups in total. The van der Waals surface area contributed by atoms with Gasteiger partial charge in [0.25, 0.3) is 11.8 Å². The Bertz CT molecular complexity index is 626. The molecule has 0 atom stereocenters. The highest BCUT2D eigenvalue weighted by molar-refractivity contribution is 5.98. The van der Waals surface area contributed by atoms with Gasteiger partial charge in [-0.1, -0.05) is 0 Å². The van der Waals surface area contributed by atoms with Gasteiger partial charge in [-0.3, -0.25) is 20.4 Å². The number of hydrogen-bond donors (Lipinski definition) is 3. The number of carbonyl (C=O) groups is 2. The highest BCUT2D eigenvalue weighted by atomic mass is 19.1. The molecule has 0 aliphatic carbocycles. The van der Waals surface area contributed by atoms with Gasteiger partial charge in [0, 0.05) is 11.8 Å². The molecule has 0 fully saturated rings. The van der Waals surface area contributed by atoms with Crippen molar-refractivity contribution in [3.05, 3.63) is 53.6 Å². The number of halogens is 1. The average Bonchev–Trinajstić information content (AvgIpc) is 2.98. The Balaban J connectivity index is 1.98. The number of H-pyrrole nitrogens is 1. The normalized spacial score (nSPS) is 9.90. The van der Waals surface area contributed by atoms with Gasteiger partial charge in [0.15, 0.2) is 11.6 Å². The lowest BCUT2D eigenvalue weighted by Gasteiger charge is -2.07. The topological polar surface area (TPSA) is 83.2 Å². The van der Waals surface area contributed by atoms with Crippen molar-refractivity contribution < 1.29 is 18.7 Å². The molecule has 104 valence electrons. The minimum atomic E-state index is -0.657. The summed E-state index contributed by atoms with van der Waals surface area (Å²) in [5.41, 5.74) is 4.76. The van der Waals surface area contributed by atoms with Crippen LogP contribution in [0.4, 0.5) is 4.39 Å². The molecule has 0 saturated heterocycles. The lowest BCUT2D eigenvalue weighted by molar-refractivity contribution is 0.0844. The van der Waals surface area contributed by atoms with Gasteiger partial charge in [0.2, 0.25) is 0 Å². The molecule has 1 aromatic carbocycles. The third kappa shape index (κ3) is 2.94. The number of rotatable bonds is 3. The van der Waals surface area contributed by atoms with Crippen LogP contribution in [0.3, 0.4) is 0 Å². The first-order chi connectivity index (χ1) is 9.61. The minimum absolute atomic E-state index is 0.0389. The Labute approximate surface area is 113 Å². The standard InChI is InChI=1S/C13H12FN3O3/c1-20-11-5-4-8(7-9(11)14)12(18)16-17-13(19)10-3-2-6-15-10/h2-7,15H,1H3,(H,16,18)(H,17,19). The van der Waals surface area contributed by atoms with E-state index in [9.17, 15) is 14.0 Å². The lowest BCUT2D eigenvalue weighted by atomic mass is 10.2. The Morgan fingerprint density at radius 3 is 2.55 bits per heavy atom. The Morgan fingerprint density at radius 1 is 1.20 bits per heavy atom. The Kier molecular flexibility index (Phi) is 3.99. The van der Waals surface area contributed by atoms with Crippen LogP contribution in [0.15, 0.2) is 36.5 Å². The van der Waals surface area contributed by atoms with Gasteiger partial charge in [0.1, 0.15) is 5.69 Å². The molecule has 20 heavy (non-hydrogen) atoms. The number of methoxy groups -OCH3 is 1. The number of carbonyl (C=O) groups excluding carboxylic acids is 2. The molecular weight excluding hydrogens is 265 g/mol. The van der Waals surface area contributed by atoms with Gasteiger partial charge < -0.3 is 9.72 Å². The number of ether oxygens (including phenoxy) is 1. The van der Waals surface area contributed by atoms with E-state index in [2.05, 4.69) is 15.8 Å². The number of benzene rings is 1. The maximum absolute atomic E-state index is 13.4. The monoisotopic (exact) mass is 277 g/mol. The van der Waals surface area contributed by atoms with Crippen LogP contribution in [0, 0.1) is 5.82 Å². The second-order valence-electron chi connectivity index (χ2n) is 3.84. The number of nitrogens with one attached hydrogen (secondary N) is 3. The number of hydrazine groups is 1. The van der Waals surface area contributed by atoms with E-state index in [0.717, 1.165) is 6.07 Å². The van der Waals surface area contributed by atoms with Crippen LogP contribution in [0.5, 0.6) is 5.75 Å². The lowest BCUT2D eigenvalue weighted by Crippen LogP contribution is -2.41. The summed E-state index contributed by atoms with van der Waals surface area (Å²) in [6.45, 7) is 0. The summed E-state index contributed by atoms with van der Waals surface area (Å²) < 4.78 is 18.2. The van der Waals surface area contributed by atoms with Crippen molar-refractivity contribution in [2.75, 3.05) is 7.11 Å². The molecule has 7 heteroatoms. The Morgan fingerprint density at radius 2 is 1.95 bits per heavy atom. The molecule has 6 nitrogen and oxygen atoms in total. The first kappa shape index (κ1) is 13.6. The van der Waals surface area contributed by atoms with Crippen LogP contribution in [0.25, 0.3) is 0 Å². The summed E-state index contributed by atoms with van der Waals surface area (Å²) in [4.78, 5) is 26.0. The van der Waals surface area contributed by atoms with Crippen LogP contribution in [0.2, 0.25) is 0 Å². The molecule has 0 spiro atoms. The molecule has 0 saturated carbocycles. The van der Waals surface area contributed by atoms with Crippen molar-refractivity contribution in [2.45, 2.75) is 0 Å². The van der Waals surface area contributed by atoms with Crippen molar-refractivity contribution in [3.8, 4) is 5.75 Å². The minimum Gasteiger partial charge on any atom is -0.494 e. The molecule has 1 heterocycles. The average molecular weight is 277 g/mol. The number of aromatic amines is 1. The smallest absolute Gasteiger partial charge is 0.286 e. The van der Waals surface area contributed by atoms with E-state index in [4.69, 9.17) is 4.74 Å². The molecule has 0 radical (unpaired) electrons. The highest BCUT2D eigenvalue weighted by Crippen LogP contribution is 2.17. The van der Waals surface area contributed by atoms with Crippen molar-refractivity contribution >= 4 is 11.8 Å². The Hall–Kier alpha value is -2.83. The van der Waals surface area contributed by atoms with Crippen molar-refractivity contribution in [3.63, 3.8) is 0 Å². The summed E-state index contributed by atoms with van der Waals surface area (Å²) in [5.74, 6) is -1.75. The summed E-state index contributed by atoms with van der Waals surface area (Å²) >= 11 is 0. The van der Waals surface area contributed by atoms with Crippen LogP contribution >= 0.6 is 0 Å². The van der Waals surface area contributed by atoms with Crippen LogP contribution < -0.4 is 15.6 Å². The van der Waals surface area contributed by atoms with Crippen LogP contribution in [0.1, 0.15) is 20.8 Å². The van der Waals surface area contributed by atoms with E-state index in [1.54, 1.807) is 18.3 Å². The van der Waals surface area contributed by atoms with Crippen LogP contribution in [-0.2, 0) is 0 Å². The van der Waals surface area contributed by atoms with E-state index in [1.807, 2.05) is 0 Å². The fourth-order valence-corrected chi connectivity index (χ4v) is 1.53. The third-order valence-electron chi connectivity index (χ3n) is 2.55. The van der Waals surface area contributed by atoms with Gasteiger partial charge in [-0.05, 0) is 30.3 Å². The van der Waals surface area contributed by atoms with E-state index >= 15 is 0 Å². The van der Waals surface area contributed by atoms with E-state index in [1.165, 1.54) is 19.2 Å². The molecule has 0 unspecified atom stereocenters. The summed E-state index contributed by atoms with van der Waals surface area (Å²) in [6, 6.07) is 6.94. The SMILES string of the molecule is COc1ccc(C(=O)NNC(=O)c2ccc[nH]2)cc1F. The van der Waals surface area contributed by atoms with Gasteiger partial charge in [-0.25, -0.2) is 4.39 Å². The first-order valence-electron chi connectivity index (χ1n) is 5.69. The summed E-state index contributed by atoms with van der Waals surface area (Å²) in [7, 11) is 1.33. The van der Waals surface area contributed by atoms with E-state index in [-0.39, 0.29) is 11.3 Å². The molecule has 0 aliphatic heterocycles.